The van der Waals surface area contributed by atoms with E-state index in [0.29, 0.717) is 5.95 Å². The van der Waals surface area contributed by atoms with Crippen molar-refractivity contribution in [3.63, 3.8) is 0 Å². The molecule has 0 atom stereocenters. The Morgan fingerprint density at radius 2 is 1.89 bits per heavy atom. The van der Waals surface area contributed by atoms with Gasteiger partial charge in [-0.2, -0.15) is 5.10 Å². The summed E-state index contributed by atoms with van der Waals surface area (Å²) < 4.78 is 1.02. The molecule has 0 saturated heterocycles. The van der Waals surface area contributed by atoms with Crippen molar-refractivity contribution in [2.45, 2.75) is 13.8 Å². The first-order chi connectivity index (χ1) is 8.63. The lowest BCUT2D eigenvalue weighted by atomic mass is 10.2. The summed E-state index contributed by atoms with van der Waals surface area (Å²) in [6.07, 6.45) is 1.73. The molecule has 0 aliphatic rings. The molecule has 92 valence electrons. The Morgan fingerprint density at radius 3 is 2.56 bits per heavy atom. The van der Waals surface area contributed by atoms with Crippen molar-refractivity contribution in [2.75, 3.05) is 5.43 Å². The largest absolute Gasteiger partial charge is 0.245 e. The third-order valence-electron chi connectivity index (χ3n) is 2.21. The lowest BCUT2D eigenvalue weighted by Gasteiger charge is -2.01. The normalized spacial score (nSPS) is 10.8. The van der Waals surface area contributed by atoms with Crippen LogP contribution in [0.4, 0.5) is 5.95 Å². The Morgan fingerprint density at radius 1 is 1.17 bits per heavy atom. The van der Waals surface area contributed by atoms with E-state index in [0.717, 1.165) is 21.4 Å². The molecule has 1 aromatic carbocycles. The van der Waals surface area contributed by atoms with Crippen LogP contribution in [0.3, 0.4) is 0 Å². The van der Waals surface area contributed by atoms with E-state index in [2.05, 4.69) is 36.4 Å². The Bertz CT molecular complexity index is 561. The van der Waals surface area contributed by atoms with E-state index in [1.165, 1.54) is 0 Å². The fourth-order valence-electron chi connectivity index (χ4n) is 1.53. The highest BCUT2D eigenvalue weighted by Gasteiger charge is 1.96. The summed E-state index contributed by atoms with van der Waals surface area (Å²) >= 11 is 3.41. The quantitative estimate of drug-likeness (QED) is 0.699. The number of anilines is 1. The van der Waals surface area contributed by atoms with Gasteiger partial charge in [0.05, 0.1) is 6.21 Å². The predicted octanol–water partition coefficient (Wildman–Crippen LogP) is 3.30. The summed E-state index contributed by atoms with van der Waals surface area (Å²) in [5.74, 6) is 0.513. The van der Waals surface area contributed by atoms with Gasteiger partial charge in [0, 0.05) is 15.9 Å². The molecule has 0 unspecified atom stereocenters. The molecule has 18 heavy (non-hydrogen) atoms. The maximum atomic E-state index is 4.24. The van der Waals surface area contributed by atoms with Gasteiger partial charge in [-0.3, -0.25) is 0 Å². The Hall–Kier alpha value is -1.75. The van der Waals surface area contributed by atoms with Crippen molar-refractivity contribution in [1.29, 1.82) is 0 Å². The van der Waals surface area contributed by atoms with Crippen LogP contribution in [-0.2, 0) is 0 Å². The molecule has 1 heterocycles. The van der Waals surface area contributed by atoms with Gasteiger partial charge < -0.3 is 0 Å². The van der Waals surface area contributed by atoms with E-state index in [9.17, 15) is 0 Å². The minimum Gasteiger partial charge on any atom is -0.245 e. The van der Waals surface area contributed by atoms with Gasteiger partial charge in [-0.15, -0.1) is 0 Å². The molecule has 0 saturated carbocycles. The number of rotatable bonds is 3. The van der Waals surface area contributed by atoms with Crippen LogP contribution in [0.5, 0.6) is 0 Å². The van der Waals surface area contributed by atoms with Gasteiger partial charge in [-0.05, 0) is 37.6 Å². The van der Waals surface area contributed by atoms with Gasteiger partial charge in [-0.25, -0.2) is 15.4 Å². The van der Waals surface area contributed by atoms with Gasteiger partial charge in [0.1, 0.15) is 0 Å². The number of aromatic nitrogens is 2. The number of aryl methyl sites for hydroxylation is 2. The Kier molecular flexibility index (Phi) is 4.04. The second kappa shape index (κ2) is 5.73. The minimum absolute atomic E-state index is 0.513. The second-order valence-corrected chi connectivity index (χ2v) is 4.81. The molecule has 0 aliphatic heterocycles. The maximum absolute atomic E-state index is 4.24. The zero-order chi connectivity index (χ0) is 13.0. The molecule has 2 aromatic rings. The van der Waals surface area contributed by atoms with E-state index >= 15 is 0 Å². The Balaban J connectivity index is 2.07. The fourth-order valence-corrected chi connectivity index (χ4v) is 1.94. The van der Waals surface area contributed by atoms with Crippen molar-refractivity contribution in [2.24, 2.45) is 5.10 Å². The van der Waals surface area contributed by atoms with Gasteiger partial charge in [0.25, 0.3) is 0 Å². The molecule has 1 aromatic heterocycles. The highest BCUT2D eigenvalue weighted by Crippen LogP contribution is 2.10. The van der Waals surface area contributed by atoms with Crippen molar-refractivity contribution in [3.8, 4) is 0 Å². The first kappa shape index (κ1) is 12.7. The molecule has 2 rings (SSSR count). The number of hydrogen-bond acceptors (Lipinski definition) is 4. The number of halogens is 1. The number of hydrazone groups is 1. The average Bonchev–Trinajstić information content (AvgIpc) is 2.27. The van der Waals surface area contributed by atoms with Crippen LogP contribution in [0.2, 0.25) is 0 Å². The van der Waals surface area contributed by atoms with Gasteiger partial charge >= 0.3 is 0 Å². The molecular weight excluding hydrogens is 292 g/mol. The summed E-state index contributed by atoms with van der Waals surface area (Å²) in [6, 6.07) is 9.80. The second-order valence-electron chi connectivity index (χ2n) is 3.90. The lowest BCUT2D eigenvalue weighted by molar-refractivity contribution is 1.04. The summed E-state index contributed by atoms with van der Waals surface area (Å²) in [5, 5.41) is 4.11. The third kappa shape index (κ3) is 3.63. The van der Waals surface area contributed by atoms with E-state index in [-0.39, 0.29) is 0 Å². The molecule has 0 bridgehead atoms. The minimum atomic E-state index is 0.513. The van der Waals surface area contributed by atoms with Gasteiger partial charge in [-0.1, -0.05) is 28.1 Å². The number of hydrogen-bond donors (Lipinski definition) is 1. The molecule has 0 amide bonds. The number of benzene rings is 1. The SMILES string of the molecule is Cc1cc(C)nc(N/N=C/c2cccc(Br)c2)n1. The van der Waals surface area contributed by atoms with Crippen LogP contribution < -0.4 is 5.43 Å². The summed E-state index contributed by atoms with van der Waals surface area (Å²) in [5.41, 5.74) is 5.67. The van der Waals surface area contributed by atoms with Crippen LogP contribution >= 0.6 is 15.9 Å². The lowest BCUT2D eigenvalue weighted by Crippen LogP contribution is -1.99. The van der Waals surface area contributed by atoms with Crippen LogP contribution in [0.25, 0.3) is 0 Å². The van der Waals surface area contributed by atoms with Crippen LogP contribution in [0.1, 0.15) is 17.0 Å². The smallest absolute Gasteiger partial charge is 0.243 e. The third-order valence-corrected chi connectivity index (χ3v) is 2.70. The van der Waals surface area contributed by atoms with Crippen molar-refractivity contribution < 1.29 is 0 Å². The van der Waals surface area contributed by atoms with Crippen LogP contribution in [0, 0.1) is 13.8 Å². The monoisotopic (exact) mass is 304 g/mol. The van der Waals surface area contributed by atoms with E-state index < -0.39 is 0 Å². The molecule has 0 spiro atoms. The summed E-state index contributed by atoms with van der Waals surface area (Å²) in [6.45, 7) is 3.86. The van der Waals surface area contributed by atoms with Crippen molar-refractivity contribution >= 4 is 28.1 Å². The van der Waals surface area contributed by atoms with E-state index in [4.69, 9.17) is 0 Å². The van der Waals surface area contributed by atoms with E-state index in [1.807, 2.05) is 44.2 Å². The maximum Gasteiger partial charge on any atom is 0.243 e. The van der Waals surface area contributed by atoms with Gasteiger partial charge in [0.2, 0.25) is 5.95 Å². The van der Waals surface area contributed by atoms with Gasteiger partial charge in [0.15, 0.2) is 0 Å². The molecule has 1 N–H and O–H groups in total. The van der Waals surface area contributed by atoms with Crippen LogP contribution in [-0.4, -0.2) is 16.2 Å². The molecule has 4 nitrogen and oxygen atoms in total. The first-order valence-electron chi connectivity index (χ1n) is 5.50. The average molecular weight is 305 g/mol. The highest BCUT2D eigenvalue weighted by molar-refractivity contribution is 9.10. The topological polar surface area (TPSA) is 50.2 Å². The Labute approximate surface area is 114 Å². The number of nitrogens with one attached hydrogen (secondary N) is 1. The zero-order valence-electron chi connectivity index (χ0n) is 10.2. The molecule has 0 radical (unpaired) electrons. The standard InChI is InChI=1S/C13H13BrN4/c1-9-6-10(2)17-13(16-9)18-15-8-11-4-3-5-12(14)7-11/h3-8H,1-2H3,(H,16,17,18)/b15-8+. The van der Waals surface area contributed by atoms with E-state index in [1.54, 1.807) is 6.21 Å². The molecular formula is C13H13BrN4. The summed E-state index contributed by atoms with van der Waals surface area (Å²) in [4.78, 5) is 8.48. The molecule has 5 heteroatoms. The zero-order valence-corrected chi connectivity index (χ0v) is 11.8. The fraction of sp³-hybridized carbons (Fsp3) is 0.154. The predicted molar refractivity (Wildman–Crippen MR) is 76.9 cm³/mol. The number of nitrogens with zero attached hydrogens (tertiary/aromatic N) is 3. The summed E-state index contributed by atoms with van der Waals surface area (Å²) in [7, 11) is 0. The van der Waals surface area contributed by atoms with Crippen molar-refractivity contribution in [1.82, 2.24) is 9.97 Å². The van der Waals surface area contributed by atoms with Crippen molar-refractivity contribution in [3.05, 3.63) is 51.8 Å². The first-order valence-corrected chi connectivity index (χ1v) is 6.30. The molecule has 0 aliphatic carbocycles. The highest BCUT2D eigenvalue weighted by atomic mass is 79.9. The molecule has 0 fully saturated rings. The van der Waals surface area contributed by atoms with Crippen LogP contribution in [0.15, 0.2) is 39.9 Å².